The molecule has 1 aliphatic heterocycles. The molecule has 0 spiro atoms. The van der Waals surface area contributed by atoms with E-state index in [0.717, 1.165) is 18.4 Å². The van der Waals surface area contributed by atoms with Crippen LogP contribution in [0.5, 0.6) is 0 Å². The number of aromatic nitrogens is 3. The zero-order valence-electron chi connectivity index (χ0n) is 15.4. The number of nitrogens with zero attached hydrogens (tertiary/aromatic N) is 4. The van der Waals surface area contributed by atoms with E-state index in [4.69, 9.17) is 17.3 Å². The smallest absolute Gasteiger partial charge is 0.240 e. The number of carbonyl (C=O) groups is 2. The molecule has 148 valence electrons. The highest BCUT2D eigenvalue weighted by molar-refractivity contribution is 7.99. The molecular weight excluding hydrogens is 398 g/mol. The van der Waals surface area contributed by atoms with Crippen LogP contribution in [0.3, 0.4) is 0 Å². The highest BCUT2D eigenvalue weighted by Crippen LogP contribution is 2.26. The Hall–Kier alpha value is -2.32. The standard InChI is InChI=1S/C19H22ClN5O2S/c1-2-10-25-18(13-6-8-14(20)9-7-13)22-23-19(25)28-12-16(26)24-11-4-3-5-15(24)17(21)27/h2,6-9,15H,1,3-5,10-12H2,(H2,21,27)/t15-/m0/s1. The molecule has 2 amide bonds. The predicted octanol–water partition coefficient (Wildman–Crippen LogP) is 2.74. The van der Waals surface area contributed by atoms with E-state index in [-0.39, 0.29) is 11.7 Å². The molecule has 2 N–H and O–H groups in total. The first-order chi connectivity index (χ1) is 13.5. The summed E-state index contributed by atoms with van der Waals surface area (Å²) in [5.74, 6) is 0.284. The van der Waals surface area contributed by atoms with Gasteiger partial charge in [0.05, 0.1) is 5.75 Å². The molecule has 1 saturated heterocycles. The first kappa shape index (κ1) is 20.4. The lowest BCUT2D eigenvalue weighted by molar-refractivity contribution is -0.138. The summed E-state index contributed by atoms with van der Waals surface area (Å²) in [5.41, 5.74) is 6.33. The van der Waals surface area contributed by atoms with Crippen molar-refractivity contribution >= 4 is 35.2 Å². The van der Waals surface area contributed by atoms with E-state index >= 15 is 0 Å². The lowest BCUT2D eigenvalue weighted by Gasteiger charge is -2.33. The molecule has 0 aliphatic carbocycles. The summed E-state index contributed by atoms with van der Waals surface area (Å²) < 4.78 is 1.90. The van der Waals surface area contributed by atoms with Crippen LogP contribution in [0.25, 0.3) is 11.4 Å². The van der Waals surface area contributed by atoms with Crippen LogP contribution in [-0.2, 0) is 16.1 Å². The molecule has 1 aromatic heterocycles. The van der Waals surface area contributed by atoms with Gasteiger partial charge in [0.15, 0.2) is 11.0 Å². The number of benzene rings is 1. The molecule has 0 saturated carbocycles. The van der Waals surface area contributed by atoms with Gasteiger partial charge >= 0.3 is 0 Å². The number of piperidine rings is 1. The highest BCUT2D eigenvalue weighted by atomic mass is 35.5. The molecule has 3 rings (SSSR count). The Morgan fingerprint density at radius 1 is 1.29 bits per heavy atom. The molecule has 0 radical (unpaired) electrons. The summed E-state index contributed by atoms with van der Waals surface area (Å²) in [5, 5.41) is 9.77. The fourth-order valence-electron chi connectivity index (χ4n) is 3.24. The largest absolute Gasteiger partial charge is 0.368 e. The Bertz CT molecular complexity index is 868. The molecule has 2 aromatic rings. The number of carbonyl (C=O) groups excluding carboxylic acids is 2. The van der Waals surface area contributed by atoms with Gasteiger partial charge < -0.3 is 10.6 Å². The first-order valence-electron chi connectivity index (χ1n) is 9.03. The average molecular weight is 420 g/mol. The Labute approximate surface area is 172 Å². The third-order valence-corrected chi connectivity index (χ3v) is 5.81. The van der Waals surface area contributed by atoms with Crippen molar-refractivity contribution in [2.45, 2.75) is 37.0 Å². The molecule has 0 unspecified atom stereocenters. The normalized spacial score (nSPS) is 16.8. The topological polar surface area (TPSA) is 94.1 Å². The Morgan fingerprint density at radius 3 is 2.71 bits per heavy atom. The molecule has 9 heteroatoms. The monoisotopic (exact) mass is 419 g/mol. The summed E-state index contributed by atoms with van der Waals surface area (Å²) in [4.78, 5) is 25.9. The summed E-state index contributed by atoms with van der Waals surface area (Å²) in [7, 11) is 0. The lowest BCUT2D eigenvalue weighted by Crippen LogP contribution is -2.51. The molecule has 0 bridgehead atoms. The molecule has 1 fully saturated rings. The number of primary amides is 1. The minimum Gasteiger partial charge on any atom is -0.368 e. The van der Waals surface area contributed by atoms with Crippen molar-refractivity contribution in [2.75, 3.05) is 12.3 Å². The van der Waals surface area contributed by atoms with Crippen LogP contribution in [0, 0.1) is 0 Å². The number of likely N-dealkylation sites (tertiary alicyclic amines) is 1. The number of nitrogens with two attached hydrogens (primary N) is 1. The second-order valence-corrected chi connectivity index (χ2v) is 7.88. The van der Waals surface area contributed by atoms with Gasteiger partial charge in [-0.2, -0.15) is 0 Å². The average Bonchev–Trinajstić information content (AvgIpc) is 3.09. The number of amides is 2. The molecule has 2 heterocycles. The molecule has 28 heavy (non-hydrogen) atoms. The maximum absolute atomic E-state index is 12.7. The SMILES string of the molecule is C=CCn1c(SCC(=O)N2CCCC[C@H]2C(N)=O)nnc1-c1ccc(Cl)cc1. The maximum Gasteiger partial charge on any atom is 0.240 e. The second-order valence-electron chi connectivity index (χ2n) is 6.50. The van der Waals surface area contributed by atoms with E-state index < -0.39 is 11.9 Å². The lowest BCUT2D eigenvalue weighted by atomic mass is 10.0. The molecule has 1 aromatic carbocycles. The van der Waals surface area contributed by atoms with Crippen LogP contribution in [0.15, 0.2) is 42.1 Å². The van der Waals surface area contributed by atoms with Crippen LogP contribution in [0.4, 0.5) is 0 Å². The molecule has 7 nitrogen and oxygen atoms in total. The summed E-state index contributed by atoms with van der Waals surface area (Å²) in [6.45, 7) is 4.86. The van der Waals surface area contributed by atoms with Gasteiger partial charge in [-0.25, -0.2) is 0 Å². The Morgan fingerprint density at radius 2 is 2.04 bits per heavy atom. The van der Waals surface area contributed by atoms with Crippen molar-refractivity contribution in [3.63, 3.8) is 0 Å². The van der Waals surface area contributed by atoms with Gasteiger partial charge in [-0.3, -0.25) is 14.2 Å². The summed E-state index contributed by atoms with van der Waals surface area (Å²) in [6.07, 6.45) is 4.16. The molecule has 1 atom stereocenters. The maximum atomic E-state index is 12.7. The van der Waals surface area contributed by atoms with Gasteiger partial charge in [0.2, 0.25) is 11.8 Å². The van der Waals surface area contributed by atoms with Crippen molar-refractivity contribution in [2.24, 2.45) is 5.73 Å². The van der Waals surface area contributed by atoms with Gasteiger partial charge in [-0.15, -0.1) is 16.8 Å². The van der Waals surface area contributed by atoms with Crippen molar-refractivity contribution in [3.05, 3.63) is 41.9 Å². The van der Waals surface area contributed by atoms with Gasteiger partial charge in [-0.1, -0.05) is 29.4 Å². The van der Waals surface area contributed by atoms with E-state index in [1.807, 2.05) is 16.7 Å². The third-order valence-electron chi connectivity index (χ3n) is 4.61. The Balaban J connectivity index is 1.75. The fourth-order valence-corrected chi connectivity index (χ4v) is 4.20. The zero-order valence-corrected chi connectivity index (χ0v) is 17.0. The fraction of sp³-hybridized carbons (Fsp3) is 0.368. The van der Waals surface area contributed by atoms with Crippen molar-refractivity contribution in [1.29, 1.82) is 0 Å². The van der Waals surface area contributed by atoms with E-state index in [2.05, 4.69) is 16.8 Å². The van der Waals surface area contributed by atoms with E-state index in [9.17, 15) is 9.59 Å². The first-order valence-corrected chi connectivity index (χ1v) is 10.4. The summed E-state index contributed by atoms with van der Waals surface area (Å²) in [6, 6.07) is 6.81. The number of hydrogen-bond acceptors (Lipinski definition) is 5. The summed E-state index contributed by atoms with van der Waals surface area (Å²) >= 11 is 7.25. The van der Waals surface area contributed by atoms with E-state index in [0.29, 0.717) is 35.5 Å². The van der Waals surface area contributed by atoms with Gasteiger partial charge in [-0.05, 0) is 43.5 Å². The number of thioether (sulfide) groups is 1. The van der Waals surface area contributed by atoms with Crippen molar-refractivity contribution in [1.82, 2.24) is 19.7 Å². The quantitative estimate of drug-likeness (QED) is 0.550. The van der Waals surface area contributed by atoms with E-state index in [1.54, 1.807) is 23.1 Å². The number of hydrogen-bond donors (Lipinski definition) is 1. The number of halogens is 1. The number of allylic oxidation sites excluding steroid dienone is 1. The highest BCUT2D eigenvalue weighted by Gasteiger charge is 2.30. The van der Waals surface area contributed by atoms with Crippen LogP contribution in [0.1, 0.15) is 19.3 Å². The molecular formula is C19H22ClN5O2S. The van der Waals surface area contributed by atoms with Gasteiger partial charge in [0, 0.05) is 23.7 Å². The molecule has 1 aliphatic rings. The van der Waals surface area contributed by atoms with Crippen molar-refractivity contribution in [3.8, 4) is 11.4 Å². The third kappa shape index (κ3) is 4.56. The number of rotatable bonds is 7. The van der Waals surface area contributed by atoms with Crippen LogP contribution in [-0.4, -0.2) is 49.8 Å². The van der Waals surface area contributed by atoms with Gasteiger partial charge in [0.1, 0.15) is 6.04 Å². The van der Waals surface area contributed by atoms with Crippen LogP contribution in [0.2, 0.25) is 5.02 Å². The Kier molecular flexibility index (Phi) is 6.74. The van der Waals surface area contributed by atoms with Crippen LogP contribution >= 0.6 is 23.4 Å². The predicted molar refractivity (Wildman–Crippen MR) is 110 cm³/mol. The van der Waals surface area contributed by atoms with Crippen LogP contribution < -0.4 is 5.73 Å². The van der Waals surface area contributed by atoms with Crippen molar-refractivity contribution < 1.29 is 9.59 Å². The van der Waals surface area contributed by atoms with Gasteiger partial charge in [0.25, 0.3) is 0 Å². The van der Waals surface area contributed by atoms with E-state index in [1.165, 1.54) is 11.8 Å². The second kappa shape index (κ2) is 9.25. The zero-order chi connectivity index (χ0) is 20.1. The minimum absolute atomic E-state index is 0.116. The minimum atomic E-state index is -0.516.